The minimum atomic E-state index is -4.48. The number of fused-ring (bicyclic) bond motifs is 3. The zero-order valence-electron chi connectivity index (χ0n) is 26.5. The molecule has 1 aromatic carbocycles. The molecule has 1 aromatic rings. The quantitative estimate of drug-likeness (QED) is 0.298. The van der Waals surface area contributed by atoms with Crippen molar-refractivity contribution in [1.29, 1.82) is 0 Å². The first-order valence-corrected chi connectivity index (χ1v) is 17.9. The van der Waals surface area contributed by atoms with Gasteiger partial charge in [0, 0.05) is 37.3 Å². The molecule has 17 heteroatoms. The summed E-state index contributed by atoms with van der Waals surface area (Å²) in [6.07, 6.45) is 3.02. The van der Waals surface area contributed by atoms with Crippen LogP contribution in [0, 0.1) is 11.7 Å². The van der Waals surface area contributed by atoms with E-state index < -0.39 is 93.3 Å². The van der Waals surface area contributed by atoms with Gasteiger partial charge in [0.1, 0.15) is 29.5 Å². The summed E-state index contributed by atoms with van der Waals surface area (Å²) >= 11 is 0. The molecule has 0 spiro atoms. The number of amides is 5. The van der Waals surface area contributed by atoms with Crippen LogP contribution in [0.4, 0.5) is 18.0 Å². The number of halogens is 3. The molecule has 1 saturated heterocycles. The van der Waals surface area contributed by atoms with Gasteiger partial charge in [0.05, 0.1) is 18.3 Å². The molecule has 5 aliphatic rings. The Morgan fingerprint density at radius 2 is 1.86 bits per heavy atom. The van der Waals surface area contributed by atoms with E-state index >= 15 is 0 Å². The number of rotatable bonds is 6. The highest BCUT2D eigenvalue weighted by atomic mass is 32.2. The predicted molar refractivity (Wildman–Crippen MR) is 165 cm³/mol. The molecule has 3 heterocycles. The first-order chi connectivity index (χ1) is 23.2. The highest BCUT2D eigenvalue weighted by Crippen LogP contribution is 2.47. The van der Waals surface area contributed by atoms with Gasteiger partial charge < -0.3 is 20.3 Å². The lowest BCUT2D eigenvalue weighted by Gasteiger charge is -2.34. The van der Waals surface area contributed by atoms with E-state index in [1.165, 1.54) is 21.9 Å². The Labute approximate surface area is 281 Å². The average Bonchev–Trinajstić information content (AvgIpc) is 3.33. The summed E-state index contributed by atoms with van der Waals surface area (Å²) in [6.45, 7) is -0.147. The third-order valence-electron chi connectivity index (χ3n) is 10.1. The lowest BCUT2D eigenvalue weighted by Crippen LogP contribution is -2.59. The Balaban J connectivity index is 1.22. The van der Waals surface area contributed by atoms with Crippen LogP contribution < -0.4 is 15.4 Å². The van der Waals surface area contributed by atoms with Crippen LogP contribution in [-0.2, 0) is 47.0 Å². The van der Waals surface area contributed by atoms with Gasteiger partial charge in [-0.1, -0.05) is 37.1 Å². The molecular weight excluding hydrogens is 671 g/mol. The maximum atomic E-state index is 14.3. The number of nitrogens with zero attached hydrogens (tertiary/aromatic N) is 2. The van der Waals surface area contributed by atoms with Crippen molar-refractivity contribution in [2.75, 3.05) is 6.54 Å². The fraction of sp³-hybridized carbons (Fsp3) is 0.594. The second-order valence-corrected chi connectivity index (χ2v) is 15.5. The van der Waals surface area contributed by atoms with E-state index in [1.807, 2.05) is 10.8 Å². The SMILES string of the molecule is O=CN[C@H]1CCCCC/C=C\[C@@H]2C[C@@]2(C(=O)NS(=O)(=O)C2CC(F)(F)C2)NC(=O)C2C[C@@H](OC(=O)N3Cc4cccc(F)c4C3)CN2C1=O. The van der Waals surface area contributed by atoms with E-state index in [1.54, 1.807) is 12.1 Å². The second-order valence-electron chi connectivity index (χ2n) is 13.5. The highest BCUT2D eigenvalue weighted by Gasteiger charge is 2.62. The summed E-state index contributed by atoms with van der Waals surface area (Å²) in [6, 6.07) is 2.25. The topological polar surface area (TPSA) is 171 Å². The molecule has 0 aromatic heterocycles. The standard InChI is InChI=1S/C32H38F3N5O8S/c33-24-9-6-7-19-15-39(17-23(19)24)30(45)48-21-11-26-27(42)37-32(29(44)38-49(46,47)22-13-31(34,35)14-22)12-20(32)8-4-2-1-3-5-10-25(36-18-41)28(43)40(26)16-21/h4,6-9,18,20-22,25-26H,1-3,5,10-17H2,(H,36,41)(H,37,42)(H,38,44)/b8-4-/t20-,21-,25+,26?,32-/m1/s1. The smallest absolute Gasteiger partial charge is 0.410 e. The largest absolute Gasteiger partial charge is 0.444 e. The van der Waals surface area contributed by atoms with E-state index in [9.17, 15) is 45.6 Å². The fourth-order valence-electron chi connectivity index (χ4n) is 7.12. The van der Waals surface area contributed by atoms with E-state index in [4.69, 9.17) is 4.74 Å². The molecule has 49 heavy (non-hydrogen) atoms. The molecule has 13 nitrogen and oxygen atoms in total. The van der Waals surface area contributed by atoms with Gasteiger partial charge in [0.2, 0.25) is 28.2 Å². The lowest BCUT2D eigenvalue weighted by atomic mass is 9.94. The van der Waals surface area contributed by atoms with Gasteiger partial charge >= 0.3 is 6.09 Å². The van der Waals surface area contributed by atoms with Gasteiger partial charge in [-0.05, 0) is 37.3 Å². The Hall–Kier alpha value is -4.15. The zero-order valence-corrected chi connectivity index (χ0v) is 27.4. The molecule has 2 aliphatic carbocycles. The van der Waals surface area contributed by atoms with Gasteiger partial charge in [-0.15, -0.1) is 0 Å². The summed E-state index contributed by atoms with van der Waals surface area (Å²) in [5, 5.41) is 3.69. The molecule has 2 saturated carbocycles. The van der Waals surface area contributed by atoms with Gasteiger partial charge in [-0.3, -0.25) is 28.8 Å². The van der Waals surface area contributed by atoms with Crippen LogP contribution >= 0.6 is 0 Å². The Morgan fingerprint density at radius 3 is 2.57 bits per heavy atom. The van der Waals surface area contributed by atoms with Crippen molar-refractivity contribution in [3.8, 4) is 0 Å². The van der Waals surface area contributed by atoms with Crippen LogP contribution in [-0.4, -0.2) is 89.9 Å². The number of alkyl halides is 2. The number of benzene rings is 1. The second kappa shape index (κ2) is 13.3. The zero-order chi connectivity index (χ0) is 35.1. The monoisotopic (exact) mass is 709 g/mol. The number of carbonyl (C=O) groups excluding carboxylic acids is 5. The molecular formula is C32H38F3N5O8S. The number of ether oxygens (including phenoxy) is 1. The Bertz CT molecular complexity index is 1670. The maximum Gasteiger partial charge on any atom is 0.410 e. The van der Waals surface area contributed by atoms with Gasteiger partial charge in [0.15, 0.2) is 0 Å². The van der Waals surface area contributed by atoms with Gasteiger partial charge in [-0.25, -0.2) is 26.4 Å². The first kappa shape index (κ1) is 34.7. The van der Waals surface area contributed by atoms with Crippen molar-refractivity contribution in [1.82, 2.24) is 25.2 Å². The summed E-state index contributed by atoms with van der Waals surface area (Å²) in [7, 11) is -4.48. The van der Waals surface area contributed by atoms with E-state index in [-0.39, 0.29) is 38.9 Å². The fourth-order valence-corrected chi connectivity index (χ4v) is 8.66. The molecule has 266 valence electrons. The minimum Gasteiger partial charge on any atom is -0.444 e. The van der Waals surface area contributed by atoms with E-state index in [0.29, 0.717) is 36.8 Å². The number of carbonyl (C=O) groups is 5. The number of nitrogens with one attached hydrogen (secondary N) is 3. The van der Waals surface area contributed by atoms with Crippen LogP contribution in [0.1, 0.15) is 68.9 Å². The van der Waals surface area contributed by atoms with E-state index in [2.05, 4.69) is 10.6 Å². The molecule has 3 N–H and O–H groups in total. The van der Waals surface area contributed by atoms with Crippen molar-refractivity contribution < 1.29 is 50.3 Å². The van der Waals surface area contributed by atoms with E-state index in [0.717, 1.165) is 6.42 Å². The van der Waals surface area contributed by atoms with Crippen molar-refractivity contribution >= 4 is 40.2 Å². The maximum absolute atomic E-state index is 14.3. The molecule has 6 rings (SSSR count). The molecule has 5 atom stereocenters. The van der Waals surface area contributed by atoms with Crippen LogP contribution in [0.5, 0.6) is 0 Å². The highest BCUT2D eigenvalue weighted by molar-refractivity contribution is 7.90. The van der Waals surface area contributed by atoms with Crippen molar-refractivity contribution in [2.45, 2.75) is 106 Å². The lowest BCUT2D eigenvalue weighted by molar-refractivity contribution is -0.141. The van der Waals surface area contributed by atoms with Crippen molar-refractivity contribution in [3.63, 3.8) is 0 Å². The average molecular weight is 710 g/mol. The Morgan fingerprint density at radius 1 is 1.08 bits per heavy atom. The van der Waals surface area contributed by atoms with Crippen LogP contribution in [0.2, 0.25) is 0 Å². The molecule has 5 amide bonds. The number of hydrogen-bond acceptors (Lipinski definition) is 8. The summed E-state index contributed by atoms with van der Waals surface area (Å²) in [5.41, 5.74) is -0.749. The van der Waals surface area contributed by atoms with Crippen LogP contribution in [0.25, 0.3) is 0 Å². The summed E-state index contributed by atoms with van der Waals surface area (Å²) in [5.74, 6) is -6.71. The number of sulfonamides is 1. The summed E-state index contributed by atoms with van der Waals surface area (Å²) < 4.78 is 74.4. The Kier molecular flexibility index (Phi) is 9.41. The van der Waals surface area contributed by atoms with Crippen LogP contribution in [0.15, 0.2) is 30.4 Å². The van der Waals surface area contributed by atoms with Crippen molar-refractivity contribution in [3.05, 3.63) is 47.3 Å². The predicted octanol–water partition coefficient (Wildman–Crippen LogP) is 2.00. The minimum absolute atomic E-state index is 0.0257. The molecule has 3 aliphatic heterocycles. The molecule has 3 fully saturated rings. The van der Waals surface area contributed by atoms with Crippen LogP contribution in [0.3, 0.4) is 0 Å². The summed E-state index contributed by atoms with van der Waals surface area (Å²) in [4.78, 5) is 68.4. The third kappa shape index (κ3) is 7.12. The van der Waals surface area contributed by atoms with Gasteiger partial charge in [0.25, 0.3) is 11.8 Å². The third-order valence-corrected chi connectivity index (χ3v) is 11.8. The molecule has 1 unspecified atom stereocenters. The molecule has 0 radical (unpaired) electrons. The number of hydrogen-bond donors (Lipinski definition) is 3. The molecule has 0 bridgehead atoms. The first-order valence-electron chi connectivity index (χ1n) is 16.4. The number of allylic oxidation sites excluding steroid dienone is 1. The van der Waals surface area contributed by atoms with Crippen molar-refractivity contribution in [2.24, 2.45) is 5.92 Å². The van der Waals surface area contributed by atoms with Gasteiger partial charge in [-0.2, -0.15) is 0 Å². The normalized spacial score (nSPS) is 30.7.